The zero-order chi connectivity index (χ0) is 14.8. The summed E-state index contributed by atoms with van der Waals surface area (Å²) in [5.41, 5.74) is 1.49. The molecule has 0 radical (unpaired) electrons. The van der Waals surface area contributed by atoms with Crippen LogP contribution in [0.1, 0.15) is 5.56 Å². The van der Waals surface area contributed by atoms with E-state index in [1.165, 1.54) is 30.6 Å². The molecule has 0 aliphatic carbocycles. The molecule has 3 nitrogen and oxygen atoms in total. The van der Waals surface area contributed by atoms with E-state index in [0.717, 1.165) is 5.56 Å². The van der Waals surface area contributed by atoms with Crippen LogP contribution in [0.4, 0.5) is 14.6 Å². The van der Waals surface area contributed by atoms with Crippen LogP contribution < -0.4 is 4.90 Å². The van der Waals surface area contributed by atoms with Crippen LogP contribution in [0.25, 0.3) is 10.9 Å². The molecule has 0 amide bonds. The number of aromatic nitrogens is 2. The Balaban J connectivity index is 1.98. The molecule has 0 N–H and O–H groups in total. The van der Waals surface area contributed by atoms with Crippen LogP contribution in [0, 0.1) is 11.6 Å². The molecule has 21 heavy (non-hydrogen) atoms. The lowest BCUT2D eigenvalue weighted by molar-refractivity contribution is 0.625. The first-order valence-electron chi connectivity index (χ1n) is 6.49. The first-order valence-corrected chi connectivity index (χ1v) is 6.49. The quantitative estimate of drug-likeness (QED) is 0.737. The third kappa shape index (κ3) is 2.81. The minimum absolute atomic E-state index is 0.278. The van der Waals surface area contributed by atoms with Crippen molar-refractivity contribution in [2.75, 3.05) is 11.9 Å². The number of nitrogens with zero attached hydrogens (tertiary/aromatic N) is 3. The summed E-state index contributed by atoms with van der Waals surface area (Å²) in [6, 6.07) is 10.8. The second-order valence-electron chi connectivity index (χ2n) is 4.84. The number of fused-ring (bicyclic) bond motifs is 1. The molecule has 2 aromatic carbocycles. The molecule has 0 saturated heterocycles. The average molecular weight is 285 g/mol. The molecule has 5 heteroatoms. The Labute approximate surface area is 120 Å². The number of rotatable bonds is 3. The van der Waals surface area contributed by atoms with Gasteiger partial charge in [-0.1, -0.05) is 12.1 Å². The van der Waals surface area contributed by atoms with Crippen molar-refractivity contribution >= 4 is 16.7 Å². The molecule has 0 atom stereocenters. The maximum atomic E-state index is 13.4. The van der Waals surface area contributed by atoms with Crippen LogP contribution in [-0.2, 0) is 6.54 Å². The number of hydrogen-bond acceptors (Lipinski definition) is 3. The number of halogens is 2. The largest absolute Gasteiger partial charge is 0.355 e. The van der Waals surface area contributed by atoms with Crippen molar-refractivity contribution in [1.82, 2.24) is 9.97 Å². The SMILES string of the molecule is CN(Cc1cccc(F)c1)c1ncnc2ccc(F)cc12. The highest BCUT2D eigenvalue weighted by atomic mass is 19.1. The van der Waals surface area contributed by atoms with Crippen molar-refractivity contribution in [3.8, 4) is 0 Å². The summed E-state index contributed by atoms with van der Waals surface area (Å²) >= 11 is 0. The van der Waals surface area contributed by atoms with Crippen molar-refractivity contribution in [3.63, 3.8) is 0 Å². The Morgan fingerprint density at radius 1 is 1.00 bits per heavy atom. The van der Waals surface area contributed by atoms with Crippen molar-refractivity contribution in [3.05, 3.63) is 66.0 Å². The molecular formula is C16H13F2N3. The van der Waals surface area contributed by atoms with Gasteiger partial charge in [0.25, 0.3) is 0 Å². The van der Waals surface area contributed by atoms with Gasteiger partial charge in [-0.2, -0.15) is 0 Å². The molecule has 0 spiro atoms. The fourth-order valence-electron chi connectivity index (χ4n) is 2.30. The fraction of sp³-hybridized carbons (Fsp3) is 0.125. The van der Waals surface area contributed by atoms with Crippen molar-refractivity contribution in [2.45, 2.75) is 6.54 Å². The molecule has 0 aliphatic heterocycles. The van der Waals surface area contributed by atoms with E-state index in [2.05, 4.69) is 9.97 Å². The van der Waals surface area contributed by atoms with Crippen LogP contribution in [-0.4, -0.2) is 17.0 Å². The summed E-state index contributed by atoms with van der Waals surface area (Å²) in [4.78, 5) is 10.2. The van der Waals surface area contributed by atoms with E-state index in [9.17, 15) is 8.78 Å². The van der Waals surface area contributed by atoms with Gasteiger partial charge in [0, 0.05) is 19.0 Å². The number of hydrogen-bond donors (Lipinski definition) is 0. The lowest BCUT2D eigenvalue weighted by atomic mass is 10.2. The molecular weight excluding hydrogens is 272 g/mol. The van der Waals surface area contributed by atoms with Crippen LogP contribution in [0.3, 0.4) is 0 Å². The molecule has 1 aromatic heterocycles. The van der Waals surface area contributed by atoms with E-state index in [1.54, 1.807) is 12.1 Å². The Kier molecular flexibility index (Phi) is 3.48. The third-order valence-corrected chi connectivity index (χ3v) is 3.25. The molecule has 0 fully saturated rings. The maximum Gasteiger partial charge on any atom is 0.140 e. The van der Waals surface area contributed by atoms with Crippen LogP contribution in [0.15, 0.2) is 48.8 Å². The standard InChI is InChI=1S/C16H13F2N3/c1-21(9-11-3-2-4-12(17)7-11)16-14-8-13(18)5-6-15(14)19-10-20-16/h2-8,10H,9H2,1H3. The topological polar surface area (TPSA) is 29.0 Å². The molecule has 3 aromatic rings. The van der Waals surface area contributed by atoms with Gasteiger partial charge in [-0.25, -0.2) is 18.7 Å². The Bertz CT molecular complexity index is 789. The highest BCUT2D eigenvalue weighted by molar-refractivity contribution is 5.89. The molecule has 0 aliphatic rings. The summed E-state index contributed by atoms with van der Waals surface area (Å²) in [6.07, 6.45) is 1.44. The zero-order valence-corrected chi connectivity index (χ0v) is 11.4. The highest BCUT2D eigenvalue weighted by Gasteiger charge is 2.10. The van der Waals surface area contributed by atoms with Gasteiger partial charge in [0.05, 0.1) is 5.52 Å². The van der Waals surface area contributed by atoms with E-state index in [0.29, 0.717) is 23.3 Å². The zero-order valence-electron chi connectivity index (χ0n) is 11.4. The summed E-state index contributed by atoms with van der Waals surface area (Å²) in [6.45, 7) is 0.473. The predicted octanol–water partition coefficient (Wildman–Crippen LogP) is 3.54. The second-order valence-corrected chi connectivity index (χ2v) is 4.84. The van der Waals surface area contributed by atoms with Crippen LogP contribution >= 0.6 is 0 Å². The molecule has 1 heterocycles. The Morgan fingerprint density at radius 3 is 2.62 bits per heavy atom. The molecule has 3 rings (SSSR count). The second kappa shape index (κ2) is 5.44. The minimum atomic E-state index is -0.335. The average Bonchev–Trinajstić information content (AvgIpc) is 2.46. The van der Waals surface area contributed by atoms with Gasteiger partial charge < -0.3 is 4.90 Å². The van der Waals surface area contributed by atoms with Crippen molar-refractivity contribution in [1.29, 1.82) is 0 Å². The monoisotopic (exact) mass is 285 g/mol. The summed E-state index contributed by atoms with van der Waals surface area (Å²) in [5, 5.41) is 0.636. The molecule has 106 valence electrons. The van der Waals surface area contributed by atoms with Gasteiger partial charge in [0.15, 0.2) is 0 Å². The predicted molar refractivity (Wildman–Crippen MR) is 78.0 cm³/mol. The van der Waals surface area contributed by atoms with E-state index in [-0.39, 0.29) is 11.6 Å². The smallest absolute Gasteiger partial charge is 0.140 e. The van der Waals surface area contributed by atoms with E-state index in [1.807, 2.05) is 18.0 Å². The number of anilines is 1. The lowest BCUT2D eigenvalue weighted by Crippen LogP contribution is -2.18. The fourth-order valence-corrected chi connectivity index (χ4v) is 2.30. The van der Waals surface area contributed by atoms with E-state index >= 15 is 0 Å². The van der Waals surface area contributed by atoms with E-state index in [4.69, 9.17) is 0 Å². The Hall–Kier alpha value is -2.56. The van der Waals surface area contributed by atoms with Gasteiger partial charge in [0.1, 0.15) is 23.8 Å². The first-order chi connectivity index (χ1) is 10.1. The van der Waals surface area contributed by atoms with Crippen molar-refractivity contribution < 1.29 is 8.78 Å². The minimum Gasteiger partial charge on any atom is -0.355 e. The van der Waals surface area contributed by atoms with E-state index < -0.39 is 0 Å². The third-order valence-electron chi connectivity index (χ3n) is 3.25. The van der Waals surface area contributed by atoms with Gasteiger partial charge in [-0.05, 0) is 35.9 Å². The molecule has 0 saturated carbocycles. The summed E-state index contributed by atoms with van der Waals surface area (Å²) in [7, 11) is 1.83. The highest BCUT2D eigenvalue weighted by Crippen LogP contribution is 2.24. The molecule has 0 bridgehead atoms. The summed E-state index contributed by atoms with van der Waals surface area (Å²) < 4.78 is 26.7. The maximum absolute atomic E-state index is 13.4. The molecule has 0 unspecified atom stereocenters. The first kappa shape index (κ1) is 13.4. The van der Waals surface area contributed by atoms with Crippen LogP contribution in [0.5, 0.6) is 0 Å². The lowest BCUT2D eigenvalue weighted by Gasteiger charge is -2.19. The van der Waals surface area contributed by atoms with Crippen LogP contribution in [0.2, 0.25) is 0 Å². The summed E-state index contributed by atoms with van der Waals surface area (Å²) in [5.74, 6) is 0.000886. The number of benzene rings is 2. The Morgan fingerprint density at radius 2 is 1.81 bits per heavy atom. The van der Waals surface area contributed by atoms with Gasteiger partial charge in [-0.15, -0.1) is 0 Å². The van der Waals surface area contributed by atoms with Gasteiger partial charge in [-0.3, -0.25) is 0 Å². The van der Waals surface area contributed by atoms with Gasteiger partial charge in [0.2, 0.25) is 0 Å². The van der Waals surface area contributed by atoms with Crippen molar-refractivity contribution in [2.24, 2.45) is 0 Å². The normalized spacial score (nSPS) is 10.8. The van der Waals surface area contributed by atoms with Gasteiger partial charge >= 0.3 is 0 Å².